The van der Waals surface area contributed by atoms with Crippen LogP contribution < -0.4 is 0 Å². The molecule has 0 unspecified atom stereocenters. The first-order valence-corrected chi connectivity index (χ1v) is 5.48. The maximum atomic E-state index is 9.63. The molecule has 3 rings (SSSR count). The highest BCUT2D eigenvalue weighted by molar-refractivity contribution is 5.83. The van der Waals surface area contributed by atoms with Crippen molar-refractivity contribution < 1.29 is 5.11 Å². The molecule has 17 heavy (non-hydrogen) atoms. The summed E-state index contributed by atoms with van der Waals surface area (Å²) in [6, 6.07) is 12.0. The zero-order chi connectivity index (χ0) is 11.8. The number of hydrogen-bond acceptors (Lipinski definition) is 2. The third kappa shape index (κ3) is 1.47. The van der Waals surface area contributed by atoms with Gasteiger partial charge in [0.1, 0.15) is 11.4 Å². The number of aromatic nitrogens is 2. The number of pyridine rings is 1. The lowest BCUT2D eigenvalue weighted by atomic mass is 10.2. The molecule has 0 aliphatic rings. The van der Waals surface area contributed by atoms with Crippen molar-refractivity contribution in [1.82, 2.24) is 9.55 Å². The summed E-state index contributed by atoms with van der Waals surface area (Å²) < 4.78 is 2.02. The second kappa shape index (κ2) is 3.63. The van der Waals surface area contributed by atoms with Gasteiger partial charge in [0, 0.05) is 22.8 Å². The van der Waals surface area contributed by atoms with Crippen LogP contribution in [0.1, 0.15) is 5.56 Å². The second-order valence-corrected chi connectivity index (χ2v) is 4.03. The summed E-state index contributed by atoms with van der Waals surface area (Å²) in [6.07, 6.45) is 3.47. The fourth-order valence-corrected chi connectivity index (χ4v) is 2.00. The summed E-state index contributed by atoms with van der Waals surface area (Å²) in [7, 11) is 0. The molecule has 3 nitrogen and oxygen atoms in total. The molecular formula is C14H12N2O. The summed E-state index contributed by atoms with van der Waals surface area (Å²) >= 11 is 0. The van der Waals surface area contributed by atoms with Crippen molar-refractivity contribution in [3.05, 3.63) is 54.4 Å². The van der Waals surface area contributed by atoms with Gasteiger partial charge in [-0.1, -0.05) is 18.2 Å². The highest BCUT2D eigenvalue weighted by atomic mass is 16.3. The largest absolute Gasteiger partial charge is 0.506 e. The lowest BCUT2D eigenvalue weighted by Gasteiger charge is -2.05. The number of para-hydroxylation sites is 1. The monoisotopic (exact) mass is 224 g/mol. The molecule has 3 aromatic rings. The minimum atomic E-state index is 0.239. The lowest BCUT2D eigenvalue weighted by Crippen LogP contribution is -1.93. The first-order chi connectivity index (χ1) is 8.27. The molecule has 84 valence electrons. The van der Waals surface area contributed by atoms with Gasteiger partial charge in [-0.25, -0.2) is 4.98 Å². The van der Waals surface area contributed by atoms with E-state index in [0.29, 0.717) is 0 Å². The molecule has 0 amide bonds. The van der Waals surface area contributed by atoms with Crippen LogP contribution in [0.4, 0.5) is 0 Å². The SMILES string of the molecule is Cc1c(O)cnc2c1ccn2-c1ccccc1. The Bertz CT molecular complexity index is 671. The van der Waals surface area contributed by atoms with Crippen molar-refractivity contribution in [2.24, 2.45) is 0 Å². The Morgan fingerprint density at radius 1 is 1.12 bits per heavy atom. The number of nitrogens with zero attached hydrogens (tertiary/aromatic N) is 2. The average molecular weight is 224 g/mol. The molecule has 0 aliphatic carbocycles. The summed E-state index contributed by atoms with van der Waals surface area (Å²) in [6.45, 7) is 1.90. The van der Waals surface area contributed by atoms with Crippen LogP contribution >= 0.6 is 0 Å². The van der Waals surface area contributed by atoms with E-state index in [1.54, 1.807) is 0 Å². The smallest absolute Gasteiger partial charge is 0.144 e. The number of benzene rings is 1. The second-order valence-electron chi connectivity index (χ2n) is 4.03. The molecule has 3 heteroatoms. The van der Waals surface area contributed by atoms with E-state index >= 15 is 0 Å². The third-order valence-corrected chi connectivity index (χ3v) is 2.99. The highest BCUT2D eigenvalue weighted by Crippen LogP contribution is 2.26. The molecule has 1 N–H and O–H groups in total. The number of aryl methyl sites for hydroxylation is 1. The molecule has 0 aliphatic heterocycles. The van der Waals surface area contributed by atoms with E-state index in [0.717, 1.165) is 22.3 Å². The van der Waals surface area contributed by atoms with Gasteiger partial charge in [0.25, 0.3) is 0 Å². The zero-order valence-electron chi connectivity index (χ0n) is 9.46. The van der Waals surface area contributed by atoms with E-state index < -0.39 is 0 Å². The Hall–Kier alpha value is -2.29. The van der Waals surface area contributed by atoms with Crippen molar-refractivity contribution in [3.63, 3.8) is 0 Å². The van der Waals surface area contributed by atoms with E-state index in [-0.39, 0.29) is 5.75 Å². The van der Waals surface area contributed by atoms with Gasteiger partial charge in [0.05, 0.1) is 6.20 Å². The maximum Gasteiger partial charge on any atom is 0.144 e. The third-order valence-electron chi connectivity index (χ3n) is 2.99. The van der Waals surface area contributed by atoms with Gasteiger partial charge < -0.3 is 9.67 Å². The van der Waals surface area contributed by atoms with Crippen LogP contribution in [-0.2, 0) is 0 Å². The summed E-state index contributed by atoms with van der Waals surface area (Å²) in [5.74, 6) is 0.239. The normalized spacial score (nSPS) is 10.9. The van der Waals surface area contributed by atoms with E-state index in [9.17, 15) is 5.11 Å². The highest BCUT2D eigenvalue weighted by Gasteiger charge is 2.08. The predicted octanol–water partition coefficient (Wildman–Crippen LogP) is 3.04. The molecule has 0 atom stereocenters. The number of rotatable bonds is 1. The Morgan fingerprint density at radius 3 is 2.65 bits per heavy atom. The van der Waals surface area contributed by atoms with E-state index in [1.165, 1.54) is 6.20 Å². The van der Waals surface area contributed by atoms with Gasteiger partial charge in [-0.2, -0.15) is 0 Å². The minimum absolute atomic E-state index is 0.239. The average Bonchev–Trinajstić information content (AvgIpc) is 2.79. The Balaban J connectivity index is 2.30. The van der Waals surface area contributed by atoms with Crippen molar-refractivity contribution in [3.8, 4) is 11.4 Å². The molecule has 2 heterocycles. The molecule has 0 bridgehead atoms. The van der Waals surface area contributed by atoms with Crippen molar-refractivity contribution in [1.29, 1.82) is 0 Å². The van der Waals surface area contributed by atoms with Crippen molar-refractivity contribution in [2.75, 3.05) is 0 Å². The molecule has 0 spiro atoms. The van der Waals surface area contributed by atoms with Gasteiger partial charge in [0.2, 0.25) is 0 Å². The van der Waals surface area contributed by atoms with Crippen LogP contribution in [0.2, 0.25) is 0 Å². The predicted molar refractivity (Wildman–Crippen MR) is 67.5 cm³/mol. The fraction of sp³-hybridized carbons (Fsp3) is 0.0714. The van der Waals surface area contributed by atoms with E-state index in [1.807, 2.05) is 54.1 Å². The maximum absolute atomic E-state index is 9.63. The first kappa shape index (κ1) is 9.90. The molecule has 0 saturated heterocycles. The quantitative estimate of drug-likeness (QED) is 0.690. The number of aromatic hydroxyl groups is 1. The zero-order valence-corrected chi connectivity index (χ0v) is 9.46. The van der Waals surface area contributed by atoms with Gasteiger partial charge in [-0.3, -0.25) is 0 Å². The van der Waals surface area contributed by atoms with Crippen molar-refractivity contribution in [2.45, 2.75) is 6.92 Å². The Morgan fingerprint density at radius 2 is 1.88 bits per heavy atom. The number of fused-ring (bicyclic) bond motifs is 1. The van der Waals surface area contributed by atoms with Crippen LogP contribution in [0.5, 0.6) is 5.75 Å². The minimum Gasteiger partial charge on any atom is -0.506 e. The topological polar surface area (TPSA) is 38.1 Å². The van der Waals surface area contributed by atoms with E-state index in [4.69, 9.17) is 0 Å². The molecule has 0 radical (unpaired) electrons. The number of hydrogen-bond donors (Lipinski definition) is 1. The molecule has 1 aromatic carbocycles. The van der Waals surface area contributed by atoms with Gasteiger partial charge in [-0.15, -0.1) is 0 Å². The molecule has 0 saturated carbocycles. The van der Waals surface area contributed by atoms with Crippen LogP contribution in [0, 0.1) is 6.92 Å². The van der Waals surface area contributed by atoms with Crippen LogP contribution in [-0.4, -0.2) is 14.7 Å². The standard InChI is InChI=1S/C14H12N2O/c1-10-12-7-8-16(11-5-3-2-4-6-11)14(12)15-9-13(10)17/h2-9,17H,1H3. The summed E-state index contributed by atoms with van der Waals surface area (Å²) in [5, 5.41) is 10.6. The van der Waals surface area contributed by atoms with E-state index in [2.05, 4.69) is 4.98 Å². The lowest BCUT2D eigenvalue weighted by molar-refractivity contribution is 0.470. The molecule has 0 fully saturated rings. The van der Waals surface area contributed by atoms with Gasteiger partial charge in [-0.05, 0) is 25.1 Å². The fourth-order valence-electron chi connectivity index (χ4n) is 2.00. The van der Waals surface area contributed by atoms with Crippen molar-refractivity contribution >= 4 is 11.0 Å². The summed E-state index contributed by atoms with van der Waals surface area (Å²) in [4.78, 5) is 4.29. The Kier molecular flexibility index (Phi) is 2.11. The van der Waals surface area contributed by atoms with Gasteiger partial charge >= 0.3 is 0 Å². The van der Waals surface area contributed by atoms with Crippen LogP contribution in [0.15, 0.2) is 48.8 Å². The molecular weight excluding hydrogens is 212 g/mol. The van der Waals surface area contributed by atoms with Crippen LogP contribution in [0.25, 0.3) is 16.7 Å². The summed E-state index contributed by atoms with van der Waals surface area (Å²) in [5.41, 5.74) is 2.80. The van der Waals surface area contributed by atoms with Gasteiger partial charge in [0.15, 0.2) is 0 Å². The first-order valence-electron chi connectivity index (χ1n) is 5.48. The van der Waals surface area contributed by atoms with Crippen LogP contribution in [0.3, 0.4) is 0 Å². The molecule has 2 aromatic heterocycles. The Labute approximate surface area is 99.0 Å².